The Balaban J connectivity index is 2.55. The minimum Gasteiger partial charge on any atom is -0.496 e. The first-order chi connectivity index (χ1) is 14.3. The van der Waals surface area contributed by atoms with Crippen LogP contribution in [0.1, 0.15) is 58.3 Å². The summed E-state index contributed by atoms with van der Waals surface area (Å²) >= 11 is 6.34. The zero-order valence-electron chi connectivity index (χ0n) is 19.0. The van der Waals surface area contributed by atoms with Gasteiger partial charge < -0.3 is 25.0 Å². The zero-order valence-corrected chi connectivity index (χ0v) is 19.7. The summed E-state index contributed by atoms with van der Waals surface area (Å²) in [4.78, 5) is 12.8. The number of para-hydroxylation sites is 1. The van der Waals surface area contributed by atoms with Crippen molar-refractivity contribution in [2.24, 2.45) is 5.41 Å². The molecule has 170 valence electrons. The number of amides is 1. The Morgan fingerprint density at radius 2 is 1.74 bits per heavy atom. The van der Waals surface area contributed by atoms with Gasteiger partial charge in [0.15, 0.2) is 0 Å². The molecule has 2 aromatic carbocycles. The highest BCUT2D eigenvalue weighted by Gasteiger charge is 2.27. The summed E-state index contributed by atoms with van der Waals surface area (Å²) in [6.45, 7) is 8.96. The maximum Gasteiger partial charge on any atom is 0.229 e. The Hall–Kier alpha value is -2.28. The highest BCUT2D eigenvalue weighted by Crippen LogP contribution is 2.41. The van der Waals surface area contributed by atoms with Crippen LogP contribution in [0.3, 0.4) is 0 Å². The predicted molar refractivity (Wildman–Crippen MR) is 123 cm³/mol. The van der Waals surface area contributed by atoms with Crippen LogP contribution >= 0.6 is 11.6 Å². The van der Waals surface area contributed by atoms with Gasteiger partial charge in [-0.25, -0.2) is 0 Å². The molecule has 0 fully saturated rings. The fourth-order valence-electron chi connectivity index (χ4n) is 2.84. The molecule has 7 heteroatoms. The molecule has 0 radical (unpaired) electrons. The van der Waals surface area contributed by atoms with E-state index in [9.17, 15) is 15.0 Å². The second kappa shape index (κ2) is 9.90. The molecule has 0 aromatic heterocycles. The summed E-state index contributed by atoms with van der Waals surface area (Å²) in [7, 11) is 1.52. The number of hydrogen-bond donors (Lipinski definition) is 3. The van der Waals surface area contributed by atoms with E-state index < -0.39 is 17.1 Å². The molecule has 1 unspecified atom stereocenters. The van der Waals surface area contributed by atoms with Gasteiger partial charge in [0, 0.05) is 34.1 Å². The molecule has 3 N–H and O–H groups in total. The van der Waals surface area contributed by atoms with Gasteiger partial charge in [-0.15, -0.1) is 0 Å². The lowest BCUT2D eigenvalue weighted by molar-refractivity contribution is -0.123. The van der Waals surface area contributed by atoms with Gasteiger partial charge in [-0.1, -0.05) is 50.6 Å². The third-order valence-corrected chi connectivity index (χ3v) is 4.93. The molecule has 0 saturated heterocycles. The highest BCUT2D eigenvalue weighted by molar-refractivity contribution is 6.31. The summed E-state index contributed by atoms with van der Waals surface area (Å²) in [6, 6.07) is 10.3. The molecule has 2 rings (SSSR count). The SMILES string of the molecule is COc1ccccc1C(O)c1cc(Cl)cc(OCCC(C)(C)O)c1NC(=O)C(C)(C)C. The molecule has 31 heavy (non-hydrogen) atoms. The molecule has 1 atom stereocenters. The lowest BCUT2D eigenvalue weighted by atomic mass is 9.94. The number of carbonyl (C=O) groups is 1. The van der Waals surface area contributed by atoms with E-state index in [4.69, 9.17) is 21.1 Å². The number of nitrogens with one attached hydrogen (secondary N) is 1. The van der Waals surface area contributed by atoms with Crippen LogP contribution in [0.5, 0.6) is 11.5 Å². The number of aliphatic hydroxyl groups is 2. The van der Waals surface area contributed by atoms with Crippen LogP contribution in [0.4, 0.5) is 5.69 Å². The molecule has 2 aromatic rings. The number of carbonyl (C=O) groups excluding carboxylic acids is 1. The second-order valence-corrected chi connectivity index (χ2v) is 9.56. The van der Waals surface area contributed by atoms with Gasteiger partial charge >= 0.3 is 0 Å². The monoisotopic (exact) mass is 449 g/mol. The van der Waals surface area contributed by atoms with E-state index in [2.05, 4.69) is 5.32 Å². The Morgan fingerprint density at radius 3 is 2.32 bits per heavy atom. The van der Waals surface area contributed by atoms with Crippen LogP contribution in [-0.4, -0.2) is 35.4 Å². The van der Waals surface area contributed by atoms with E-state index in [1.165, 1.54) is 7.11 Å². The predicted octanol–water partition coefficient (Wildman–Crippen LogP) is 4.95. The smallest absolute Gasteiger partial charge is 0.229 e. The molecular formula is C24H32ClNO5. The molecule has 0 bridgehead atoms. The number of anilines is 1. The lowest BCUT2D eigenvalue weighted by Crippen LogP contribution is -2.29. The Labute approximate surface area is 189 Å². The minimum atomic E-state index is -1.12. The summed E-state index contributed by atoms with van der Waals surface area (Å²) in [5.41, 5.74) is -0.337. The van der Waals surface area contributed by atoms with Crippen LogP contribution < -0.4 is 14.8 Å². The molecule has 1 amide bonds. The molecule has 0 heterocycles. The third-order valence-electron chi connectivity index (χ3n) is 4.72. The lowest BCUT2D eigenvalue weighted by Gasteiger charge is -2.25. The Bertz CT molecular complexity index is 915. The van der Waals surface area contributed by atoms with Crippen molar-refractivity contribution in [3.63, 3.8) is 0 Å². The number of halogens is 1. The molecule has 0 saturated carbocycles. The Kier molecular flexibility index (Phi) is 7.98. The van der Waals surface area contributed by atoms with E-state index in [1.54, 1.807) is 71.0 Å². The second-order valence-electron chi connectivity index (χ2n) is 9.13. The van der Waals surface area contributed by atoms with Gasteiger partial charge in [-0.3, -0.25) is 4.79 Å². The van der Waals surface area contributed by atoms with Crippen LogP contribution in [-0.2, 0) is 4.79 Å². The van der Waals surface area contributed by atoms with Crippen molar-refractivity contribution in [2.75, 3.05) is 19.0 Å². The fourth-order valence-corrected chi connectivity index (χ4v) is 3.05. The van der Waals surface area contributed by atoms with Crippen molar-refractivity contribution in [1.82, 2.24) is 0 Å². The highest BCUT2D eigenvalue weighted by atomic mass is 35.5. The van der Waals surface area contributed by atoms with Crippen LogP contribution in [0, 0.1) is 5.41 Å². The molecule has 0 aliphatic carbocycles. The van der Waals surface area contributed by atoms with Crippen LogP contribution in [0.2, 0.25) is 5.02 Å². The number of hydrogen-bond acceptors (Lipinski definition) is 5. The molecule has 0 aliphatic rings. The average Bonchev–Trinajstić information content (AvgIpc) is 2.67. The number of ether oxygens (including phenoxy) is 2. The molecule has 0 spiro atoms. The summed E-state index contributed by atoms with van der Waals surface area (Å²) in [6.07, 6.45) is -0.752. The van der Waals surface area contributed by atoms with E-state index in [0.717, 1.165) is 0 Å². The van der Waals surface area contributed by atoms with E-state index >= 15 is 0 Å². The van der Waals surface area contributed by atoms with Crippen molar-refractivity contribution >= 4 is 23.2 Å². The standard InChI is InChI=1S/C24H32ClNO5/c1-23(2,3)22(28)26-20-17(21(27)16-9-7-8-10-18(16)30-6)13-15(25)14-19(20)31-12-11-24(4,5)29/h7-10,13-14,21,27,29H,11-12H2,1-6H3,(H,26,28). The van der Waals surface area contributed by atoms with Gasteiger partial charge in [-0.2, -0.15) is 0 Å². The topological polar surface area (TPSA) is 88.0 Å². The van der Waals surface area contributed by atoms with Gasteiger partial charge in [0.1, 0.15) is 17.6 Å². The maximum atomic E-state index is 12.8. The van der Waals surface area contributed by atoms with Gasteiger partial charge in [0.25, 0.3) is 0 Å². The van der Waals surface area contributed by atoms with E-state index in [0.29, 0.717) is 39.8 Å². The quantitative estimate of drug-likeness (QED) is 0.530. The first-order valence-electron chi connectivity index (χ1n) is 10.1. The maximum absolute atomic E-state index is 12.8. The van der Waals surface area contributed by atoms with Crippen molar-refractivity contribution in [3.05, 3.63) is 52.5 Å². The largest absolute Gasteiger partial charge is 0.496 e. The third kappa shape index (κ3) is 6.86. The molecular weight excluding hydrogens is 418 g/mol. The zero-order chi connectivity index (χ0) is 23.4. The van der Waals surface area contributed by atoms with Crippen LogP contribution in [0.25, 0.3) is 0 Å². The van der Waals surface area contributed by atoms with Gasteiger partial charge in [0.2, 0.25) is 5.91 Å². The number of benzene rings is 2. The van der Waals surface area contributed by atoms with Gasteiger partial charge in [0.05, 0.1) is 25.0 Å². The van der Waals surface area contributed by atoms with Crippen molar-refractivity contribution in [1.29, 1.82) is 0 Å². The van der Waals surface area contributed by atoms with Crippen LogP contribution in [0.15, 0.2) is 36.4 Å². The first-order valence-corrected chi connectivity index (χ1v) is 10.5. The van der Waals surface area contributed by atoms with E-state index in [-0.39, 0.29) is 12.5 Å². The Morgan fingerprint density at radius 1 is 1.10 bits per heavy atom. The summed E-state index contributed by atoms with van der Waals surface area (Å²) < 4.78 is 11.3. The van der Waals surface area contributed by atoms with Crippen molar-refractivity contribution in [3.8, 4) is 11.5 Å². The summed E-state index contributed by atoms with van der Waals surface area (Å²) in [5, 5.41) is 24.4. The molecule has 6 nitrogen and oxygen atoms in total. The average molecular weight is 450 g/mol. The number of aliphatic hydroxyl groups excluding tert-OH is 1. The number of rotatable bonds is 8. The number of methoxy groups -OCH3 is 1. The van der Waals surface area contributed by atoms with Crippen molar-refractivity contribution in [2.45, 2.75) is 52.7 Å². The van der Waals surface area contributed by atoms with Crippen molar-refractivity contribution < 1.29 is 24.5 Å². The van der Waals surface area contributed by atoms with E-state index in [1.807, 2.05) is 0 Å². The normalized spacial score (nSPS) is 12.9. The summed E-state index contributed by atoms with van der Waals surface area (Å²) in [5.74, 6) is 0.585. The van der Waals surface area contributed by atoms with Gasteiger partial charge in [-0.05, 0) is 26.0 Å². The minimum absolute atomic E-state index is 0.201. The first kappa shape index (κ1) is 25.0. The molecule has 0 aliphatic heterocycles. The fraction of sp³-hybridized carbons (Fsp3) is 0.458.